The van der Waals surface area contributed by atoms with Crippen LogP contribution in [-0.4, -0.2) is 33.3 Å². The summed E-state index contributed by atoms with van der Waals surface area (Å²) in [4.78, 5) is 12.5. The Balaban J connectivity index is 2.10. The number of rotatable bonds is 8. The number of hydrogen-bond donors (Lipinski definition) is 1. The molecule has 26 heavy (non-hydrogen) atoms. The summed E-state index contributed by atoms with van der Waals surface area (Å²) >= 11 is 0. The number of benzene rings is 2. The Bertz CT molecular complexity index is 736. The smallest absolute Gasteiger partial charge is 0.251 e. The molecule has 0 aromatic heterocycles. The van der Waals surface area contributed by atoms with Gasteiger partial charge in [0.2, 0.25) is 0 Å². The number of amides is 1. The lowest BCUT2D eigenvalue weighted by atomic mass is 10.1. The lowest BCUT2D eigenvalue weighted by Crippen LogP contribution is -2.23. The molecule has 0 aliphatic rings. The van der Waals surface area contributed by atoms with Gasteiger partial charge in [-0.05, 0) is 49.7 Å². The van der Waals surface area contributed by atoms with Crippen molar-refractivity contribution in [3.63, 3.8) is 0 Å². The summed E-state index contributed by atoms with van der Waals surface area (Å²) in [5.74, 6) is 2.27. The van der Waals surface area contributed by atoms with Gasteiger partial charge in [-0.25, -0.2) is 0 Å². The molecule has 0 saturated carbocycles. The monoisotopic (exact) mass is 359 g/mol. The molecular weight excluding hydrogens is 334 g/mol. The van der Waals surface area contributed by atoms with Gasteiger partial charge in [0.25, 0.3) is 5.91 Å². The number of carbonyl (C=O) groups excluding carboxylic acids is 1. The van der Waals surface area contributed by atoms with E-state index < -0.39 is 0 Å². The van der Waals surface area contributed by atoms with E-state index in [1.165, 1.54) is 0 Å². The van der Waals surface area contributed by atoms with Gasteiger partial charge in [-0.1, -0.05) is 0 Å². The van der Waals surface area contributed by atoms with Gasteiger partial charge < -0.3 is 24.3 Å². The third-order valence-corrected chi connectivity index (χ3v) is 3.65. The molecule has 0 bridgehead atoms. The second kappa shape index (κ2) is 8.99. The van der Waals surface area contributed by atoms with E-state index in [2.05, 4.69) is 5.32 Å². The van der Waals surface area contributed by atoms with Crippen molar-refractivity contribution in [2.24, 2.45) is 0 Å². The highest BCUT2D eigenvalue weighted by atomic mass is 16.5. The Kier molecular flexibility index (Phi) is 6.72. The van der Waals surface area contributed by atoms with Crippen LogP contribution in [0.15, 0.2) is 36.4 Å². The zero-order chi connectivity index (χ0) is 19.1. The van der Waals surface area contributed by atoms with E-state index in [4.69, 9.17) is 18.9 Å². The molecule has 0 aliphatic heterocycles. The number of methoxy groups -OCH3 is 3. The molecule has 2 aromatic rings. The van der Waals surface area contributed by atoms with Crippen LogP contribution in [-0.2, 0) is 6.54 Å². The van der Waals surface area contributed by atoms with Crippen molar-refractivity contribution in [3.05, 3.63) is 47.5 Å². The summed E-state index contributed by atoms with van der Waals surface area (Å²) in [5, 5.41) is 2.88. The average Bonchev–Trinajstić information content (AvgIpc) is 2.65. The molecule has 0 aliphatic carbocycles. The highest BCUT2D eigenvalue weighted by Gasteiger charge is 2.12. The first-order chi connectivity index (χ1) is 12.5. The molecule has 6 nitrogen and oxygen atoms in total. The summed E-state index contributed by atoms with van der Waals surface area (Å²) in [7, 11) is 4.72. The predicted octanol–water partition coefficient (Wildman–Crippen LogP) is 3.43. The van der Waals surface area contributed by atoms with Gasteiger partial charge in [-0.2, -0.15) is 0 Å². The highest BCUT2D eigenvalue weighted by Crippen LogP contribution is 2.29. The van der Waals surface area contributed by atoms with Gasteiger partial charge in [-0.15, -0.1) is 0 Å². The van der Waals surface area contributed by atoms with Crippen LogP contribution in [0, 0.1) is 0 Å². The zero-order valence-electron chi connectivity index (χ0n) is 15.8. The van der Waals surface area contributed by atoms with Gasteiger partial charge >= 0.3 is 0 Å². The van der Waals surface area contributed by atoms with E-state index in [0.29, 0.717) is 35.1 Å². The van der Waals surface area contributed by atoms with Crippen LogP contribution in [0.3, 0.4) is 0 Å². The van der Waals surface area contributed by atoms with Crippen LogP contribution in [0.25, 0.3) is 0 Å². The van der Waals surface area contributed by atoms with Crippen molar-refractivity contribution in [2.75, 3.05) is 21.3 Å². The maximum atomic E-state index is 12.5. The summed E-state index contributed by atoms with van der Waals surface area (Å²) < 4.78 is 21.5. The number of carbonyl (C=O) groups is 1. The molecule has 2 rings (SSSR count). The first-order valence-corrected chi connectivity index (χ1v) is 8.31. The average molecular weight is 359 g/mol. The highest BCUT2D eigenvalue weighted by molar-refractivity contribution is 5.94. The Morgan fingerprint density at radius 2 is 1.58 bits per heavy atom. The summed E-state index contributed by atoms with van der Waals surface area (Å²) in [5.41, 5.74) is 1.37. The van der Waals surface area contributed by atoms with Crippen LogP contribution in [0.5, 0.6) is 23.0 Å². The van der Waals surface area contributed by atoms with Crippen LogP contribution < -0.4 is 24.3 Å². The molecule has 6 heteroatoms. The van der Waals surface area contributed by atoms with Crippen LogP contribution in [0.2, 0.25) is 0 Å². The van der Waals surface area contributed by atoms with Crippen molar-refractivity contribution in [1.82, 2.24) is 5.32 Å². The standard InChI is InChI=1S/C20H25NO5/c1-13(2)26-18-7-6-15(10-19(18)25-5)20(22)21-12-14-8-16(23-3)11-17(9-14)24-4/h6-11,13H,12H2,1-5H3,(H,21,22). The minimum Gasteiger partial charge on any atom is -0.497 e. The second-order valence-electron chi connectivity index (χ2n) is 5.94. The summed E-state index contributed by atoms with van der Waals surface area (Å²) in [6, 6.07) is 10.6. The minimum absolute atomic E-state index is 0.0200. The van der Waals surface area contributed by atoms with Gasteiger partial charge in [0.05, 0.1) is 27.4 Å². The van der Waals surface area contributed by atoms with E-state index in [0.717, 1.165) is 5.56 Å². The Morgan fingerprint density at radius 1 is 0.923 bits per heavy atom. The molecule has 140 valence electrons. The molecule has 0 spiro atoms. The van der Waals surface area contributed by atoms with Crippen molar-refractivity contribution in [2.45, 2.75) is 26.5 Å². The topological polar surface area (TPSA) is 66.0 Å². The number of ether oxygens (including phenoxy) is 4. The molecule has 0 fully saturated rings. The maximum absolute atomic E-state index is 12.5. The van der Waals surface area contributed by atoms with Gasteiger partial charge in [0.15, 0.2) is 11.5 Å². The quantitative estimate of drug-likeness (QED) is 0.782. The molecule has 1 amide bonds. The molecule has 0 heterocycles. The van der Waals surface area contributed by atoms with E-state index in [1.807, 2.05) is 26.0 Å². The van der Waals surface area contributed by atoms with E-state index >= 15 is 0 Å². The minimum atomic E-state index is -0.207. The molecule has 0 unspecified atom stereocenters. The first-order valence-electron chi connectivity index (χ1n) is 8.31. The van der Waals surface area contributed by atoms with Gasteiger partial charge in [0.1, 0.15) is 11.5 Å². The number of hydrogen-bond acceptors (Lipinski definition) is 5. The van der Waals surface area contributed by atoms with Gasteiger partial charge in [0, 0.05) is 18.2 Å². The fourth-order valence-corrected chi connectivity index (χ4v) is 2.41. The third-order valence-electron chi connectivity index (χ3n) is 3.65. The van der Waals surface area contributed by atoms with E-state index in [1.54, 1.807) is 45.6 Å². The van der Waals surface area contributed by atoms with Gasteiger partial charge in [-0.3, -0.25) is 4.79 Å². The van der Waals surface area contributed by atoms with Crippen molar-refractivity contribution >= 4 is 5.91 Å². The Morgan fingerprint density at radius 3 is 2.12 bits per heavy atom. The third kappa shape index (κ3) is 5.05. The van der Waals surface area contributed by atoms with E-state index in [9.17, 15) is 4.79 Å². The van der Waals surface area contributed by atoms with Crippen molar-refractivity contribution in [1.29, 1.82) is 0 Å². The molecule has 2 aromatic carbocycles. The van der Waals surface area contributed by atoms with E-state index in [-0.39, 0.29) is 12.0 Å². The Labute approximate surface area is 154 Å². The molecule has 0 saturated heterocycles. The summed E-state index contributed by atoms with van der Waals surface area (Å²) in [6.45, 7) is 4.21. The van der Waals surface area contributed by atoms with Crippen LogP contribution in [0.1, 0.15) is 29.8 Å². The van der Waals surface area contributed by atoms with Crippen molar-refractivity contribution in [3.8, 4) is 23.0 Å². The lowest BCUT2D eigenvalue weighted by molar-refractivity contribution is 0.0950. The van der Waals surface area contributed by atoms with Crippen LogP contribution in [0.4, 0.5) is 0 Å². The molecule has 1 N–H and O–H groups in total. The normalized spacial score (nSPS) is 10.4. The van der Waals surface area contributed by atoms with Crippen molar-refractivity contribution < 1.29 is 23.7 Å². The fourth-order valence-electron chi connectivity index (χ4n) is 2.41. The molecule has 0 radical (unpaired) electrons. The fraction of sp³-hybridized carbons (Fsp3) is 0.350. The zero-order valence-corrected chi connectivity index (χ0v) is 15.8. The SMILES string of the molecule is COc1cc(CNC(=O)c2ccc(OC(C)C)c(OC)c2)cc(OC)c1. The second-order valence-corrected chi connectivity index (χ2v) is 5.94. The first kappa shape index (κ1) is 19.4. The number of nitrogens with one attached hydrogen (secondary N) is 1. The largest absolute Gasteiger partial charge is 0.497 e. The predicted molar refractivity (Wildman–Crippen MR) is 99.5 cm³/mol. The molecular formula is C20H25NO5. The maximum Gasteiger partial charge on any atom is 0.251 e. The van der Waals surface area contributed by atoms with Crippen LogP contribution >= 0.6 is 0 Å². The molecule has 0 atom stereocenters. The summed E-state index contributed by atoms with van der Waals surface area (Å²) in [6.07, 6.45) is 0.0200. The lowest BCUT2D eigenvalue weighted by Gasteiger charge is -2.14. The Hall–Kier alpha value is -2.89.